The summed E-state index contributed by atoms with van der Waals surface area (Å²) in [5.74, 6) is 0.141. The molecule has 6 nitrogen and oxygen atoms in total. The number of methoxy groups -OCH3 is 2. The number of carboxylic acid groups (broad SMARTS) is 1. The lowest BCUT2D eigenvalue weighted by Gasteiger charge is -2.30. The molecular weight excluding hydrogens is 372 g/mol. The minimum atomic E-state index is -1.28. The summed E-state index contributed by atoms with van der Waals surface area (Å²) in [6.07, 6.45) is 1.42. The minimum absolute atomic E-state index is 0.353. The van der Waals surface area contributed by atoms with Crippen molar-refractivity contribution < 1.29 is 29.2 Å². The maximum atomic E-state index is 12.0. The predicted molar refractivity (Wildman–Crippen MR) is 111 cm³/mol. The molecule has 2 aromatic carbocycles. The SMILES string of the molecule is CCCC(O)(CCC)c1ccccc1OC(C(=O)O)c1cc(OC)cc(OC)c1. The lowest BCUT2D eigenvalue weighted by molar-refractivity contribution is -0.145. The number of ether oxygens (including phenoxy) is 3. The van der Waals surface area contributed by atoms with Crippen molar-refractivity contribution >= 4 is 5.97 Å². The van der Waals surface area contributed by atoms with Crippen LogP contribution < -0.4 is 14.2 Å². The van der Waals surface area contributed by atoms with Crippen LogP contribution in [0.3, 0.4) is 0 Å². The van der Waals surface area contributed by atoms with Gasteiger partial charge in [0, 0.05) is 17.2 Å². The van der Waals surface area contributed by atoms with Crippen molar-refractivity contribution in [2.24, 2.45) is 0 Å². The third-order valence-electron chi connectivity index (χ3n) is 4.86. The average Bonchev–Trinajstić information content (AvgIpc) is 2.71. The van der Waals surface area contributed by atoms with Crippen LogP contribution in [-0.4, -0.2) is 30.4 Å². The van der Waals surface area contributed by atoms with E-state index in [2.05, 4.69) is 0 Å². The molecule has 158 valence electrons. The van der Waals surface area contributed by atoms with Crippen LogP contribution in [-0.2, 0) is 10.4 Å². The number of para-hydroxylation sites is 1. The van der Waals surface area contributed by atoms with E-state index in [9.17, 15) is 15.0 Å². The monoisotopic (exact) mass is 402 g/mol. The van der Waals surface area contributed by atoms with Crippen LogP contribution in [0.4, 0.5) is 0 Å². The lowest BCUT2D eigenvalue weighted by atomic mass is 9.84. The van der Waals surface area contributed by atoms with Crippen LogP contribution in [0.1, 0.15) is 56.8 Å². The van der Waals surface area contributed by atoms with Crippen LogP contribution >= 0.6 is 0 Å². The number of aliphatic hydroxyl groups is 1. The standard InChI is InChI=1S/C23H30O6/c1-5-11-23(26,12-6-2)19-9-7-8-10-20(19)29-21(22(24)25)16-13-17(27-3)15-18(14-16)28-4/h7-10,13-15,21,26H,5-6,11-12H2,1-4H3,(H,24,25). The fraction of sp³-hybridized carbons (Fsp3) is 0.435. The van der Waals surface area contributed by atoms with Gasteiger partial charge in [-0.1, -0.05) is 44.9 Å². The van der Waals surface area contributed by atoms with E-state index in [1.165, 1.54) is 14.2 Å². The summed E-state index contributed by atoms with van der Waals surface area (Å²) in [5.41, 5.74) is -0.0855. The molecule has 6 heteroatoms. The Morgan fingerprint density at radius 3 is 2.03 bits per heavy atom. The molecule has 1 atom stereocenters. The summed E-state index contributed by atoms with van der Waals surface area (Å²) in [5, 5.41) is 21.1. The molecule has 2 aromatic rings. The summed E-state index contributed by atoms with van der Waals surface area (Å²) in [6, 6.07) is 12.0. The van der Waals surface area contributed by atoms with E-state index in [-0.39, 0.29) is 0 Å². The smallest absolute Gasteiger partial charge is 0.349 e. The normalized spacial score (nSPS) is 12.3. The Morgan fingerprint density at radius 1 is 1.00 bits per heavy atom. The van der Waals surface area contributed by atoms with Crippen LogP contribution in [0.25, 0.3) is 0 Å². The quantitative estimate of drug-likeness (QED) is 0.567. The first-order valence-corrected chi connectivity index (χ1v) is 9.82. The van der Waals surface area contributed by atoms with E-state index in [0.717, 1.165) is 12.8 Å². The van der Waals surface area contributed by atoms with Gasteiger partial charge in [-0.3, -0.25) is 0 Å². The second kappa shape index (κ2) is 10.2. The zero-order valence-corrected chi connectivity index (χ0v) is 17.5. The number of carboxylic acids is 1. The van der Waals surface area contributed by atoms with Crippen LogP contribution in [0.2, 0.25) is 0 Å². The molecule has 29 heavy (non-hydrogen) atoms. The molecular formula is C23H30O6. The topological polar surface area (TPSA) is 85.2 Å². The highest BCUT2D eigenvalue weighted by molar-refractivity contribution is 5.75. The summed E-state index contributed by atoms with van der Waals surface area (Å²) in [6.45, 7) is 4.01. The molecule has 0 heterocycles. The summed E-state index contributed by atoms with van der Waals surface area (Å²) in [4.78, 5) is 12.0. The molecule has 2 N–H and O–H groups in total. The van der Waals surface area contributed by atoms with Gasteiger partial charge in [-0.15, -0.1) is 0 Å². The molecule has 1 unspecified atom stereocenters. The fourth-order valence-electron chi connectivity index (χ4n) is 3.54. The van der Waals surface area contributed by atoms with Gasteiger partial charge < -0.3 is 24.4 Å². The van der Waals surface area contributed by atoms with Crippen molar-refractivity contribution in [2.45, 2.75) is 51.2 Å². The van der Waals surface area contributed by atoms with Gasteiger partial charge in [-0.25, -0.2) is 4.79 Å². The molecule has 0 amide bonds. The maximum Gasteiger partial charge on any atom is 0.349 e. The minimum Gasteiger partial charge on any atom is -0.497 e. The predicted octanol–water partition coefficient (Wildman–Crippen LogP) is 4.70. The Labute approximate surface area is 172 Å². The molecule has 0 bridgehead atoms. The number of hydrogen-bond acceptors (Lipinski definition) is 5. The van der Waals surface area contributed by atoms with E-state index in [4.69, 9.17) is 14.2 Å². The summed E-state index contributed by atoms with van der Waals surface area (Å²) in [7, 11) is 3.00. The Balaban J connectivity index is 2.49. The first-order valence-electron chi connectivity index (χ1n) is 9.82. The second-order valence-corrected chi connectivity index (χ2v) is 7.01. The van der Waals surface area contributed by atoms with Gasteiger partial charge in [0.15, 0.2) is 0 Å². The second-order valence-electron chi connectivity index (χ2n) is 7.01. The van der Waals surface area contributed by atoms with E-state index in [1.54, 1.807) is 36.4 Å². The Kier molecular flexibility index (Phi) is 7.91. The highest BCUT2D eigenvalue weighted by Gasteiger charge is 2.32. The highest BCUT2D eigenvalue weighted by Crippen LogP contribution is 2.39. The van der Waals surface area contributed by atoms with Crippen molar-refractivity contribution in [2.75, 3.05) is 14.2 Å². The van der Waals surface area contributed by atoms with E-state index in [1.807, 2.05) is 19.9 Å². The summed E-state index contributed by atoms with van der Waals surface area (Å²) >= 11 is 0. The Bertz CT molecular complexity index is 789. The third kappa shape index (κ3) is 5.41. The molecule has 0 fully saturated rings. The fourth-order valence-corrected chi connectivity index (χ4v) is 3.54. The lowest BCUT2D eigenvalue weighted by Crippen LogP contribution is -2.27. The molecule has 0 aliphatic heterocycles. The maximum absolute atomic E-state index is 12.0. The van der Waals surface area contributed by atoms with Crippen molar-refractivity contribution in [1.82, 2.24) is 0 Å². The Hall–Kier alpha value is -2.73. The average molecular weight is 402 g/mol. The van der Waals surface area contributed by atoms with Gasteiger partial charge >= 0.3 is 5.97 Å². The Morgan fingerprint density at radius 2 is 1.55 bits per heavy atom. The van der Waals surface area contributed by atoms with E-state index >= 15 is 0 Å². The van der Waals surface area contributed by atoms with Gasteiger partial charge in [0.2, 0.25) is 6.10 Å². The molecule has 0 spiro atoms. The van der Waals surface area contributed by atoms with Gasteiger partial charge in [0.25, 0.3) is 0 Å². The number of carbonyl (C=O) groups is 1. The van der Waals surface area contributed by atoms with Crippen molar-refractivity contribution in [1.29, 1.82) is 0 Å². The van der Waals surface area contributed by atoms with E-state index in [0.29, 0.717) is 41.2 Å². The molecule has 2 rings (SSSR count). The number of aliphatic carboxylic acids is 1. The van der Waals surface area contributed by atoms with Gasteiger partial charge in [0.05, 0.1) is 19.8 Å². The zero-order chi connectivity index (χ0) is 21.4. The zero-order valence-electron chi connectivity index (χ0n) is 17.5. The summed E-state index contributed by atoms with van der Waals surface area (Å²) < 4.78 is 16.5. The first-order chi connectivity index (χ1) is 13.9. The van der Waals surface area contributed by atoms with Crippen LogP contribution in [0.15, 0.2) is 42.5 Å². The van der Waals surface area contributed by atoms with Gasteiger partial charge in [-0.05, 0) is 31.0 Å². The van der Waals surface area contributed by atoms with Crippen LogP contribution in [0, 0.1) is 0 Å². The molecule has 0 saturated heterocycles. The third-order valence-corrected chi connectivity index (χ3v) is 4.86. The highest BCUT2D eigenvalue weighted by atomic mass is 16.5. The molecule has 0 aliphatic rings. The largest absolute Gasteiger partial charge is 0.497 e. The van der Waals surface area contributed by atoms with Gasteiger partial charge in [0.1, 0.15) is 17.2 Å². The van der Waals surface area contributed by atoms with E-state index < -0.39 is 17.7 Å². The van der Waals surface area contributed by atoms with Crippen molar-refractivity contribution in [3.05, 3.63) is 53.6 Å². The van der Waals surface area contributed by atoms with Crippen molar-refractivity contribution in [3.63, 3.8) is 0 Å². The number of hydrogen-bond donors (Lipinski definition) is 2. The molecule has 0 aromatic heterocycles. The number of benzene rings is 2. The van der Waals surface area contributed by atoms with Crippen LogP contribution in [0.5, 0.6) is 17.2 Å². The van der Waals surface area contributed by atoms with Crippen molar-refractivity contribution in [3.8, 4) is 17.2 Å². The molecule has 0 radical (unpaired) electrons. The number of rotatable bonds is 11. The molecule has 0 saturated carbocycles. The van der Waals surface area contributed by atoms with Gasteiger partial charge in [-0.2, -0.15) is 0 Å². The molecule has 0 aliphatic carbocycles. The first kappa shape index (κ1) is 22.6.